The van der Waals surface area contributed by atoms with Crippen LogP contribution in [-0.4, -0.2) is 23.4 Å². The van der Waals surface area contributed by atoms with Gasteiger partial charge >= 0.3 is 5.97 Å². The van der Waals surface area contributed by atoms with Crippen molar-refractivity contribution in [3.63, 3.8) is 0 Å². The van der Waals surface area contributed by atoms with Crippen LogP contribution in [0.25, 0.3) is 0 Å². The standard InChI is InChI=1S/C17H20N2O5/c20-16(18-14-3-5-15(6-4-14)19(22)23)10-24-17(21)9-13-8-11-1-2-12(13)7-11/h3-6,11-13H,1-2,7-10H2,(H,18,20)/t11-,12-,13-/m1/s1. The Labute approximate surface area is 139 Å². The fourth-order valence-corrected chi connectivity index (χ4v) is 3.91. The Bertz CT molecular complexity index is 643. The zero-order valence-electron chi connectivity index (χ0n) is 13.3. The summed E-state index contributed by atoms with van der Waals surface area (Å²) in [6.07, 6.45) is 5.23. The molecule has 3 atom stereocenters. The van der Waals surface area contributed by atoms with Crippen molar-refractivity contribution in [1.82, 2.24) is 0 Å². The molecule has 128 valence electrons. The Balaban J connectivity index is 1.40. The summed E-state index contributed by atoms with van der Waals surface area (Å²) in [7, 11) is 0. The molecule has 2 aliphatic carbocycles. The zero-order valence-corrected chi connectivity index (χ0v) is 13.3. The van der Waals surface area contributed by atoms with E-state index in [9.17, 15) is 19.7 Å². The van der Waals surface area contributed by atoms with Gasteiger partial charge < -0.3 is 10.1 Å². The number of fused-ring (bicyclic) bond motifs is 2. The molecule has 2 fully saturated rings. The number of benzene rings is 1. The maximum absolute atomic E-state index is 11.9. The van der Waals surface area contributed by atoms with Gasteiger partial charge in [0, 0.05) is 24.2 Å². The molecular weight excluding hydrogens is 312 g/mol. The van der Waals surface area contributed by atoms with Crippen LogP contribution in [0.2, 0.25) is 0 Å². The van der Waals surface area contributed by atoms with E-state index < -0.39 is 10.8 Å². The molecule has 0 aromatic heterocycles. The van der Waals surface area contributed by atoms with Crippen molar-refractivity contribution in [3.8, 4) is 0 Å². The highest BCUT2D eigenvalue weighted by Gasteiger charge is 2.40. The zero-order chi connectivity index (χ0) is 17.1. The number of nitro benzene ring substituents is 1. The maximum atomic E-state index is 11.9. The average Bonchev–Trinajstić information content (AvgIpc) is 3.16. The van der Waals surface area contributed by atoms with Gasteiger partial charge in [-0.1, -0.05) is 6.42 Å². The lowest BCUT2D eigenvalue weighted by molar-refractivity contribution is -0.384. The Kier molecular flexibility index (Phi) is 4.78. The quantitative estimate of drug-likeness (QED) is 0.490. The Hall–Kier alpha value is -2.44. The summed E-state index contributed by atoms with van der Waals surface area (Å²) < 4.78 is 5.05. The molecule has 7 heteroatoms. The first kappa shape index (κ1) is 16.4. The van der Waals surface area contributed by atoms with Crippen LogP contribution in [0, 0.1) is 27.9 Å². The Morgan fingerprint density at radius 2 is 1.96 bits per heavy atom. The van der Waals surface area contributed by atoms with Crippen molar-refractivity contribution in [2.75, 3.05) is 11.9 Å². The van der Waals surface area contributed by atoms with E-state index in [1.54, 1.807) is 0 Å². The number of nitro groups is 1. The van der Waals surface area contributed by atoms with E-state index >= 15 is 0 Å². The van der Waals surface area contributed by atoms with Crippen molar-refractivity contribution in [1.29, 1.82) is 0 Å². The van der Waals surface area contributed by atoms with E-state index in [0.717, 1.165) is 12.3 Å². The van der Waals surface area contributed by atoms with Crippen molar-refractivity contribution in [2.45, 2.75) is 32.1 Å². The third kappa shape index (κ3) is 3.90. The molecule has 0 saturated heterocycles. The summed E-state index contributed by atoms with van der Waals surface area (Å²) in [4.78, 5) is 33.7. The van der Waals surface area contributed by atoms with E-state index in [2.05, 4.69) is 5.32 Å². The molecule has 0 unspecified atom stereocenters. The van der Waals surface area contributed by atoms with Crippen molar-refractivity contribution in [2.24, 2.45) is 17.8 Å². The molecule has 2 bridgehead atoms. The number of amides is 1. The van der Waals surface area contributed by atoms with Crippen LogP contribution in [0.1, 0.15) is 32.1 Å². The van der Waals surface area contributed by atoms with Gasteiger partial charge in [0.2, 0.25) is 0 Å². The lowest BCUT2D eigenvalue weighted by Crippen LogP contribution is -2.23. The van der Waals surface area contributed by atoms with E-state index in [1.807, 2.05) is 0 Å². The fraction of sp³-hybridized carbons (Fsp3) is 0.529. The molecule has 0 heterocycles. The first-order valence-electron chi connectivity index (χ1n) is 8.21. The number of hydrogen-bond donors (Lipinski definition) is 1. The van der Waals surface area contributed by atoms with Gasteiger partial charge in [0.1, 0.15) is 0 Å². The Morgan fingerprint density at radius 3 is 2.54 bits per heavy atom. The number of carbonyl (C=O) groups is 2. The molecule has 1 aromatic carbocycles. The van der Waals surface area contributed by atoms with Gasteiger partial charge in [0.25, 0.3) is 11.6 Å². The largest absolute Gasteiger partial charge is 0.456 e. The second-order valence-corrected chi connectivity index (χ2v) is 6.65. The fourth-order valence-electron chi connectivity index (χ4n) is 3.91. The highest BCUT2D eigenvalue weighted by Crippen LogP contribution is 2.49. The third-order valence-electron chi connectivity index (χ3n) is 5.04. The Morgan fingerprint density at radius 1 is 1.21 bits per heavy atom. The van der Waals surface area contributed by atoms with Gasteiger partial charge in [-0.3, -0.25) is 19.7 Å². The van der Waals surface area contributed by atoms with Gasteiger partial charge in [0.15, 0.2) is 6.61 Å². The number of anilines is 1. The molecule has 1 aromatic rings. The summed E-state index contributed by atoms with van der Waals surface area (Å²) in [5.74, 6) is 1.06. The predicted molar refractivity (Wildman–Crippen MR) is 86.2 cm³/mol. The number of nitrogens with one attached hydrogen (secondary N) is 1. The number of carbonyl (C=O) groups excluding carboxylic acids is 2. The van der Waals surface area contributed by atoms with Crippen molar-refractivity contribution < 1.29 is 19.2 Å². The molecule has 24 heavy (non-hydrogen) atoms. The molecule has 0 radical (unpaired) electrons. The van der Waals surface area contributed by atoms with Crippen LogP contribution in [0.3, 0.4) is 0 Å². The lowest BCUT2D eigenvalue weighted by atomic mass is 9.86. The molecule has 2 saturated carbocycles. The van der Waals surface area contributed by atoms with Crippen LogP contribution in [0.5, 0.6) is 0 Å². The van der Waals surface area contributed by atoms with Crippen LogP contribution >= 0.6 is 0 Å². The summed E-state index contributed by atoms with van der Waals surface area (Å²) in [6.45, 7) is -0.337. The SMILES string of the molecule is O=C(COC(=O)C[C@H]1C[C@@H]2CC[C@@H]1C2)Nc1ccc([N+](=O)[O-])cc1. The number of nitrogens with zero attached hydrogens (tertiary/aromatic N) is 1. The number of esters is 1. The highest BCUT2D eigenvalue weighted by molar-refractivity contribution is 5.92. The second kappa shape index (κ2) is 6.98. The van der Waals surface area contributed by atoms with Gasteiger partial charge in [0.05, 0.1) is 4.92 Å². The first-order chi connectivity index (χ1) is 11.5. The number of non-ortho nitro benzene ring substituents is 1. The third-order valence-corrected chi connectivity index (χ3v) is 5.04. The monoisotopic (exact) mass is 332 g/mol. The molecule has 3 rings (SSSR count). The minimum atomic E-state index is -0.511. The van der Waals surface area contributed by atoms with Crippen LogP contribution in [-0.2, 0) is 14.3 Å². The molecule has 7 nitrogen and oxygen atoms in total. The number of hydrogen-bond acceptors (Lipinski definition) is 5. The normalized spacial score (nSPS) is 24.6. The van der Waals surface area contributed by atoms with Gasteiger partial charge in [-0.15, -0.1) is 0 Å². The smallest absolute Gasteiger partial charge is 0.306 e. The van der Waals surface area contributed by atoms with E-state index in [0.29, 0.717) is 23.9 Å². The van der Waals surface area contributed by atoms with Crippen LogP contribution in [0.15, 0.2) is 24.3 Å². The van der Waals surface area contributed by atoms with Gasteiger partial charge in [-0.05, 0) is 49.1 Å². The minimum absolute atomic E-state index is 0.0507. The summed E-state index contributed by atoms with van der Waals surface area (Å²) in [5, 5.41) is 13.1. The minimum Gasteiger partial charge on any atom is -0.456 e. The first-order valence-corrected chi connectivity index (χ1v) is 8.21. The van der Waals surface area contributed by atoms with E-state index in [-0.39, 0.29) is 18.3 Å². The molecule has 1 N–H and O–H groups in total. The summed E-state index contributed by atoms with van der Waals surface area (Å²) in [6, 6.07) is 5.48. The molecular formula is C17H20N2O5. The molecule has 0 aliphatic heterocycles. The topological polar surface area (TPSA) is 98.5 Å². The summed E-state index contributed by atoms with van der Waals surface area (Å²) in [5.41, 5.74) is 0.375. The van der Waals surface area contributed by atoms with Crippen molar-refractivity contribution >= 4 is 23.3 Å². The van der Waals surface area contributed by atoms with E-state index in [1.165, 1.54) is 43.5 Å². The van der Waals surface area contributed by atoms with Crippen LogP contribution < -0.4 is 5.32 Å². The van der Waals surface area contributed by atoms with Gasteiger partial charge in [-0.25, -0.2) is 0 Å². The highest BCUT2D eigenvalue weighted by atomic mass is 16.6. The van der Waals surface area contributed by atoms with Gasteiger partial charge in [-0.2, -0.15) is 0 Å². The maximum Gasteiger partial charge on any atom is 0.306 e. The summed E-state index contributed by atoms with van der Waals surface area (Å²) >= 11 is 0. The average molecular weight is 332 g/mol. The second-order valence-electron chi connectivity index (χ2n) is 6.65. The number of ether oxygens (including phenoxy) is 1. The molecule has 2 aliphatic rings. The number of rotatable bonds is 6. The molecule has 1 amide bonds. The van der Waals surface area contributed by atoms with E-state index in [4.69, 9.17) is 4.74 Å². The lowest BCUT2D eigenvalue weighted by Gasteiger charge is -2.20. The van der Waals surface area contributed by atoms with Crippen LogP contribution in [0.4, 0.5) is 11.4 Å². The van der Waals surface area contributed by atoms with Crippen molar-refractivity contribution in [3.05, 3.63) is 34.4 Å². The predicted octanol–water partition coefficient (Wildman–Crippen LogP) is 2.90. The molecule has 0 spiro atoms.